The summed E-state index contributed by atoms with van der Waals surface area (Å²) in [6.45, 7) is 0.762. The molecule has 98 valence electrons. The minimum atomic E-state index is 0.158. The first-order valence-corrected chi connectivity index (χ1v) is 6.63. The van der Waals surface area contributed by atoms with E-state index in [1.54, 1.807) is 0 Å². The molecule has 0 atom stereocenters. The molecule has 1 fully saturated rings. The largest absolute Gasteiger partial charge is 0.378 e. The summed E-state index contributed by atoms with van der Waals surface area (Å²) in [6, 6.07) is 8.76. The molecule has 3 heteroatoms. The number of anilines is 1. The molecule has 0 bridgehead atoms. The van der Waals surface area contributed by atoms with Gasteiger partial charge in [-0.3, -0.25) is 4.79 Å². The fraction of sp³-hybridized carbons (Fsp3) is 0.533. The highest BCUT2D eigenvalue weighted by atomic mass is 16.1. The lowest BCUT2D eigenvalue weighted by Crippen LogP contribution is -2.35. The van der Waals surface area contributed by atoms with E-state index < -0.39 is 0 Å². The minimum Gasteiger partial charge on any atom is -0.378 e. The van der Waals surface area contributed by atoms with E-state index in [4.69, 9.17) is 0 Å². The summed E-state index contributed by atoms with van der Waals surface area (Å²) in [7, 11) is 4.10. The fourth-order valence-corrected chi connectivity index (χ4v) is 2.97. The molecular weight excluding hydrogens is 224 g/mol. The van der Waals surface area contributed by atoms with Crippen molar-refractivity contribution in [1.29, 1.82) is 0 Å². The summed E-state index contributed by atoms with van der Waals surface area (Å²) >= 11 is 0. The standard InChI is InChI=1S/C15H22N2O/c1-17(2)14-7-5-13(6-8-14)15(11-16-12-18)9-3-4-10-15/h5-8,12H,3-4,9-11H2,1-2H3,(H,16,18). The van der Waals surface area contributed by atoms with Gasteiger partial charge in [0.2, 0.25) is 6.41 Å². The molecule has 1 aliphatic carbocycles. The van der Waals surface area contributed by atoms with E-state index in [1.165, 1.54) is 36.9 Å². The molecule has 0 saturated heterocycles. The van der Waals surface area contributed by atoms with Gasteiger partial charge >= 0.3 is 0 Å². The molecule has 2 rings (SSSR count). The molecule has 1 aromatic rings. The van der Waals surface area contributed by atoms with Crippen molar-refractivity contribution in [2.75, 3.05) is 25.5 Å². The Morgan fingerprint density at radius 1 is 1.22 bits per heavy atom. The highest BCUT2D eigenvalue weighted by molar-refractivity contribution is 5.49. The fourth-order valence-electron chi connectivity index (χ4n) is 2.97. The first kappa shape index (κ1) is 12.9. The van der Waals surface area contributed by atoms with Crippen LogP contribution in [-0.2, 0) is 10.2 Å². The van der Waals surface area contributed by atoms with Gasteiger partial charge in [-0.15, -0.1) is 0 Å². The van der Waals surface area contributed by atoms with Gasteiger partial charge in [0.25, 0.3) is 0 Å². The Morgan fingerprint density at radius 3 is 2.33 bits per heavy atom. The summed E-state index contributed by atoms with van der Waals surface area (Å²) < 4.78 is 0. The van der Waals surface area contributed by atoms with Crippen molar-refractivity contribution in [3.8, 4) is 0 Å². The van der Waals surface area contributed by atoms with Crippen molar-refractivity contribution in [3.05, 3.63) is 29.8 Å². The monoisotopic (exact) mass is 246 g/mol. The lowest BCUT2D eigenvalue weighted by Gasteiger charge is -2.29. The summed E-state index contributed by atoms with van der Waals surface area (Å²) in [4.78, 5) is 12.7. The number of rotatable bonds is 5. The van der Waals surface area contributed by atoms with Crippen LogP contribution in [0.2, 0.25) is 0 Å². The zero-order valence-corrected chi connectivity index (χ0v) is 11.3. The average molecular weight is 246 g/mol. The number of nitrogens with one attached hydrogen (secondary N) is 1. The Hall–Kier alpha value is -1.51. The molecule has 1 N–H and O–H groups in total. The quantitative estimate of drug-likeness (QED) is 0.809. The Morgan fingerprint density at radius 2 is 1.83 bits per heavy atom. The van der Waals surface area contributed by atoms with E-state index in [0.717, 1.165) is 13.0 Å². The molecule has 1 aliphatic rings. The predicted octanol–water partition coefficient (Wildman–Crippen LogP) is 2.31. The molecule has 1 aromatic carbocycles. The third-order valence-electron chi connectivity index (χ3n) is 4.08. The summed E-state index contributed by atoms with van der Waals surface area (Å²) in [5, 5.41) is 2.88. The number of nitrogens with zero attached hydrogens (tertiary/aromatic N) is 1. The summed E-state index contributed by atoms with van der Waals surface area (Å²) in [5.74, 6) is 0. The summed E-state index contributed by atoms with van der Waals surface area (Å²) in [6.07, 6.45) is 5.69. The molecule has 18 heavy (non-hydrogen) atoms. The lowest BCUT2D eigenvalue weighted by molar-refractivity contribution is -0.109. The van der Waals surface area contributed by atoms with Crippen LogP contribution in [0, 0.1) is 0 Å². The lowest BCUT2D eigenvalue weighted by atomic mass is 9.79. The van der Waals surface area contributed by atoms with Crippen molar-refractivity contribution in [1.82, 2.24) is 5.32 Å². The van der Waals surface area contributed by atoms with Crippen molar-refractivity contribution >= 4 is 12.1 Å². The number of hydrogen-bond donors (Lipinski definition) is 1. The second-order valence-electron chi connectivity index (χ2n) is 5.43. The Bertz CT molecular complexity index is 391. The van der Waals surface area contributed by atoms with Crippen molar-refractivity contribution in [2.45, 2.75) is 31.1 Å². The van der Waals surface area contributed by atoms with Crippen LogP contribution in [0.4, 0.5) is 5.69 Å². The SMILES string of the molecule is CN(C)c1ccc(C2(CNC=O)CCCC2)cc1. The molecule has 1 amide bonds. The Labute approximate surface area is 109 Å². The van der Waals surface area contributed by atoms with Crippen molar-refractivity contribution < 1.29 is 4.79 Å². The molecular formula is C15H22N2O. The van der Waals surface area contributed by atoms with E-state index >= 15 is 0 Å². The van der Waals surface area contributed by atoms with Crippen molar-refractivity contribution in [2.24, 2.45) is 0 Å². The van der Waals surface area contributed by atoms with Gasteiger partial charge in [-0.1, -0.05) is 25.0 Å². The van der Waals surface area contributed by atoms with Gasteiger partial charge in [-0.25, -0.2) is 0 Å². The smallest absolute Gasteiger partial charge is 0.207 e. The molecule has 0 heterocycles. The van der Waals surface area contributed by atoms with Crippen LogP contribution in [0.25, 0.3) is 0 Å². The van der Waals surface area contributed by atoms with E-state index in [2.05, 4.69) is 34.5 Å². The summed E-state index contributed by atoms with van der Waals surface area (Å²) in [5.41, 5.74) is 2.74. The van der Waals surface area contributed by atoms with E-state index in [1.807, 2.05) is 14.1 Å². The maximum absolute atomic E-state index is 10.6. The number of hydrogen-bond acceptors (Lipinski definition) is 2. The van der Waals surface area contributed by atoms with Crippen LogP contribution >= 0.6 is 0 Å². The first-order valence-electron chi connectivity index (χ1n) is 6.63. The van der Waals surface area contributed by atoms with Gasteiger partial charge in [-0.2, -0.15) is 0 Å². The maximum Gasteiger partial charge on any atom is 0.207 e. The van der Waals surface area contributed by atoms with Gasteiger partial charge in [0.1, 0.15) is 0 Å². The molecule has 0 aliphatic heterocycles. The molecule has 0 unspecified atom stereocenters. The van der Waals surface area contributed by atoms with Gasteiger partial charge in [0, 0.05) is 31.7 Å². The molecule has 0 spiro atoms. The van der Waals surface area contributed by atoms with Gasteiger partial charge in [0.05, 0.1) is 0 Å². The normalized spacial score (nSPS) is 17.4. The Kier molecular flexibility index (Phi) is 3.90. The molecule has 0 radical (unpaired) electrons. The van der Waals surface area contributed by atoms with Crippen LogP contribution in [-0.4, -0.2) is 27.1 Å². The average Bonchev–Trinajstić information content (AvgIpc) is 2.86. The Balaban J connectivity index is 2.22. The highest BCUT2D eigenvalue weighted by Gasteiger charge is 2.35. The first-order chi connectivity index (χ1) is 8.68. The number of carbonyl (C=O) groups is 1. The minimum absolute atomic E-state index is 0.158. The molecule has 3 nitrogen and oxygen atoms in total. The second kappa shape index (κ2) is 5.42. The highest BCUT2D eigenvalue weighted by Crippen LogP contribution is 2.40. The zero-order valence-electron chi connectivity index (χ0n) is 11.3. The topological polar surface area (TPSA) is 32.3 Å². The van der Waals surface area contributed by atoms with Crippen LogP contribution < -0.4 is 10.2 Å². The molecule has 0 aromatic heterocycles. The third kappa shape index (κ3) is 2.50. The predicted molar refractivity (Wildman–Crippen MR) is 75.0 cm³/mol. The number of amides is 1. The van der Waals surface area contributed by atoms with E-state index in [9.17, 15) is 4.79 Å². The van der Waals surface area contributed by atoms with Crippen LogP contribution in [0.3, 0.4) is 0 Å². The van der Waals surface area contributed by atoms with Crippen LogP contribution in [0.1, 0.15) is 31.2 Å². The van der Waals surface area contributed by atoms with Gasteiger partial charge < -0.3 is 10.2 Å². The van der Waals surface area contributed by atoms with E-state index in [-0.39, 0.29) is 5.41 Å². The van der Waals surface area contributed by atoms with Gasteiger partial charge in [0.15, 0.2) is 0 Å². The second-order valence-corrected chi connectivity index (χ2v) is 5.43. The van der Waals surface area contributed by atoms with E-state index in [0.29, 0.717) is 0 Å². The zero-order chi connectivity index (χ0) is 13.0. The maximum atomic E-state index is 10.6. The van der Waals surface area contributed by atoms with Crippen LogP contribution in [0.5, 0.6) is 0 Å². The van der Waals surface area contributed by atoms with Gasteiger partial charge in [-0.05, 0) is 30.5 Å². The number of carbonyl (C=O) groups excluding carboxylic acids is 1. The van der Waals surface area contributed by atoms with Crippen LogP contribution in [0.15, 0.2) is 24.3 Å². The number of benzene rings is 1. The third-order valence-corrected chi connectivity index (χ3v) is 4.08. The van der Waals surface area contributed by atoms with Crippen molar-refractivity contribution in [3.63, 3.8) is 0 Å². The molecule has 1 saturated carbocycles.